The monoisotopic (exact) mass is 646 g/mol. The van der Waals surface area contributed by atoms with Crippen LogP contribution in [0.25, 0.3) is 0 Å². The summed E-state index contributed by atoms with van der Waals surface area (Å²) in [5.74, 6) is 0. The van der Waals surface area contributed by atoms with Crippen molar-refractivity contribution in [2.45, 2.75) is 109 Å². The van der Waals surface area contributed by atoms with Crippen LogP contribution >= 0.6 is 0 Å². The molecule has 3 heterocycles. The van der Waals surface area contributed by atoms with E-state index in [1.54, 1.807) is 6.92 Å². The van der Waals surface area contributed by atoms with Crippen molar-refractivity contribution in [3.8, 4) is 0 Å². The van der Waals surface area contributed by atoms with Gasteiger partial charge in [-0.05, 0) is 43.2 Å². The third kappa shape index (κ3) is 6.12. The zero-order chi connectivity index (χ0) is 32.4. The van der Waals surface area contributed by atoms with E-state index in [1.165, 1.54) is 17.8 Å². The Bertz CT molecular complexity index is 1500. The zero-order valence-corrected chi connectivity index (χ0v) is 29.5. The first-order valence-corrected chi connectivity index (χ1v) is 21.1. The van der Waals surface area contributed by atoms with Crippen LogP contribution in [-0.2, 0) is 34.9 Å². The van der Waals surface area contributed by atoms with E-state index in [1.807, 2.05) is 47.0 Å². The lowest BCUT2D eigenvalue weighted by atomic mass is 9.89. The molecule has 13 nitrogen and oxygen atoms in total. The number of nitrogens with two attached hydrogens (primary N) is 1. The Labute approximate surface area is 249 Å². The van der Waals surface area contributed by atoms with E-state index in [2.05, 4.69) is 26.1 Å². The van der Waals surface area contributed by atoms with Gasteiger partial charge in [0.05, 0.1) is 17.7 Å². The third-order valence-corrected chi connectivity index (χ3v) is 19.0. The Balaban J connectivity index is 2.36. The first-order chi connectivity index (χ1) is 18.8. The largest absolute Gasteiger partial charge is 0.414 e. The summed E-state index contributed by atoms with van der Waals surface area (Å²) in [7, 11) is -8.23. The number of urea groups is 1. The molecule has 0 saturated carbocycles. The number of nitrogens with zero attached hydrogens (tertiary/aromatic N) is 2. The van der Waals surface area contributed by atoms with Crippen molar-refractivity contribution in [2.75, 3.05) is 6.61 Å². The molecule has 42 heavy (non-hydrogen) atoms. The van der Waals surface area contributed by atoms with Crippen LogP contribution < -0.4 is 22.3 Å². The van der Waals surface area contributed by atoms with Gasteiger partial charge in [-0.15, -0.1) is 0 Å². The summed E-state index contributed by atoms with van der Waals surface area (Å²) in [5.41, 5.74) is 2.41. The summed E-state index contributed by atoms with van der Waals surface area (Å²) < 4.78 is 54.1. The quantitative estimate of drug-likeness (QED) is 0.334. The second-order valence-electron chi connectivity index (χ2n) is 14.1. The van der Waals surface area contributed by atoms with Gasteiger partial charge in [-0.25, -0.2) is 13.8 Å². The second-order valence-corrected chi connectivity index (χ2v) is 25.1. The van der Waals surface area contributed by atoms with Gasteiger partial charge in [-0.3, -0.25) is 13.9 Å². The predicted molar refractivity (Wildman–Crippen MR) is 163 cm³/mol. The fraction of sp³-hybridized carbons (Fsp3) is 0.731. The molecular weight excluding hydrogens is 601 g/mol. The molecule has 2 aliphatic heterocycles. The van der Waals surface area contributed by atoms with Crippen LogP contribution in [-0.4, -0.2) is 64.6 Å². The van der Waals surface area contributed by atoms with Crippen LogP contribution in [0.4, 0.5) is 4.79 Å². The van der Waals surface area contributed by atoms with Crippen molar-refractivity contribution < 1.29 is 31.0 Å². The number of hydrogen-bond donors (Lipinski definition) is 2. The fourth-order valence-corrected chi connectivity index (χ4v) is 8.00. The molecular formula is C26H46N4O9SSi2. The first-order valence-electron chi connectivity index (χ1n) is 13.8. The average molecular weight is 647 g/mol. The Morgan fingerprint density at radius 1 is 1.10 bits per heavy atom. The lowest BCUT2D eigenvalue weighted by Gasteiger charge is -2.44. The number of amides is 2. The summed E-state index contributed by atoms with van der Waals surface area (Å²) in [6.45, 7) is 21.6. The number of carbonyl (C=O) groups excluding carboxylic acids is 1. The lowest BCUT2D eigenvalue weighted by Crippen LogP contribution is -2.60. The number of aromatic nitrogens is 2. The normalized spacial score (nSPS) is 26.5. The minimum atomic E-state index is -4.37. The van der Waals surface area contributed by atoms with E-state index in [0.29, 0.717) is 0 Å². The predicted octanol–water partition coefficient (Wildman–Crippen LogP) is 2.77. The summed E-state index contributed by atoms with van der Waals surface area (Å²) in [6, 6.07) is -1.02. The maximum absolute atomic E-state index is 13.5. The molecule has 3 N–H and O–H groups in total. The topological polar surface area (TPSA) is 170 Å². The Morgan fingerprint density at radius 3 is 2.14 bits per heavy atom. The van der Waals surface area contributed by atoms with Gasteiger partial charge in [0.15, 0.2) is 28.5 Å². The van der Waals surface area contributed by atoms with E-state index >= 15 is 0 Å². The number of ether oxygens (including phenoxy) is 1. The highest BCUT2D eigenvalue weighted by Crippen LogP contribution is 2.52. The molecule has 0 aliphatic carbocycles. The highest BCUT2D eigenvalue weighted by atomic mass is 32.2. The van der Waals surface area contributed by atoms with Crippen molar-refractivity contribution in [2.24, 2.45) is 12.8 Å². The molecule has 1 spiro atoms. The Hall–Kier alpha value is -2.09. The van der Waals surface area contributed by atoms with E-state index < -0.39 is 68.1 Å². The van der Waals surface area contributed by atoms with Gasteiger partial charge in [-0.1, -0.05) is 41.5 Å². The SMILES string of the molecule is Cc1cn(C2OC(CO[Si](C)(C)C(C)(C)C)C3(OS(=O)(=O)C=C3NC(N)=O)C2O[Si](C)(C)C(C)(C)C)c(=O)n(C)c1=O. The van der Waals surface area contributed by atoms with E-state index in [9.17, 15) is 22.8 Å². The molecule has 0 aromatic carbocycles. The molecule has 1 saturated heterocycles. The molecule has 2 amide bonds. The molecule has 16 heteroatoms. The minimum Gasteiger partial charge on any atom is -0.414 e. The van der Waals surface area contributed by atoms with Crippen LogP contribution in [0.2, 0.25) is 36.3 Å². The molecule has 3 rings (SSSR count). The smallest absolute Gasteiger partial charge is 0.332 e. The molecule has 1 fully saturated rings. The van der Waals surface area contributed by atoms with Gasteiger partial charge in [0.1, 0.15) is 12.2 Å². The van der Waals surface area contributed by atoms with E-state index in [-0.39, 0.29) is 27.9 Å². The molecule has 238 valence electrons. The number of aryl methyl sites for hydroxylation is 1. The fourth-order valence-electron chi connectivity index (χ4n) is 4.46. The van der Waals surface area contributed by atoms with E-state index in [4.69, 9.17) is 23.5 Å². The average Bonchev–Trinajstić information content (AvgIpc) is 3.24. The number of carbonyl (C=O) groups is 1. The summed E-state index contributed by atoms with van der Waals surface area (Å²) in [4.78, 5) is 38.2. The number of primary amides is 1. The van der Waals surface area contributed by atoms with Crippen molar-refractivity contribution in [3.63, 3.8) is 0 Å². The van der Waals surface area contributed by atoms with Crippen molar-refractivity contribution >= 4 is 32.8 Å². The maximum atomic E-state index is 13.5. The maximum Gasteiger partial charge on any atom is 0.332 e. The van der Waals surface area contributed by atoms with Gasteiger partial charge in [-0.2, -0.15) is 8.42 Å². The van der Waals surface area contributed by atoms with Crippen LogP contribution in [0.5, 0.6) is 0 Å². The molecule has 4 atom stereocenters. The number of nitrogens with one attached hydrogen (secondary N) is 1. The number of hydrogen-bond acceptors (Lipinski definition) is 9. The van der Waals surface area contributed by atoms with E-state index in [0.717, 1.165) is 9.98 Å². The van der Waals surface area contributed by atoms with Gasteiger partial charge >= 0.3 is 11.7 Å². The molecule has 0 bridgehead atoms. The van der Waals surface area contributed by atoms with Crippen LogP contribution in [0.3, 0.4) is 0 Å². The van der Waals surface area contributed by atoms with Crippen LogP contribution in [0, 0.1) is 6.92 Å². The minimum absolute atomic E-state index is 0.142. The zero-order valence-electron chi connectivity index (χ0n) is 26.6. The van der Waals surface area contributed by atoms with Crippen LogP contribution in [0.15, 0.2) is 26.9 Å². The summed E-state index contributed by atoms with van der Waals surface area (Å²) in [5, 5.41) is 2.65. The molecule has 4 unspecified atom stereocenters. The van der Waals surface area contributed by atoms with Crippen molar-refractivity contribution in [1.82, 2.24) is 14.5 Å². The first kappa shape index (κ1) is 34.4. The second kappa shape index (κ2) is 10.8. The Morgan fingerprint density at radius 2 is 1.64 bits per heavy atom. The number of rotatable bonds is 7. The highest BCUT2D eigenvalue weighted by Gasteiger charge is 2.68. The molecule has 2 aliphatic rings. The molecule has 1 aromatic rings. The standard InChI is InChI=1S/C26H46N4O9SSi2/c1-16-13-30(23(33)29(8)20(16)31)21-19(38-42(11,12)25(5,6)7)26(17(28-22(27)32)15-40(34,35)39-26)18(37-21)14-36-41(9,10)24(2,3)4/h13,15,18-19,21H,14H2,1-12H3,(H3,27,28,32). The lowest BCUT2D eigenvalue weighted by molar-refractivity contribution is -0.0571. The van der Waals surface area contributed by atoms with Gasteiger partial charge < -0.3 is 24.6 Å². The molecule has 1 aromatic heterocycles. The molecule has 0 radical (unpaired) electrons. The van der Waals surface area contributed by atoms with Crippen molar-refractivity contribution in [1.29, 1.82) is 0 Å². The Kier molecular flexibility index (Phi) is 8.86. The van der Waals surface area contributed by atoms with Gasteiger partial charge in [0.25, 0.3) is 15.7 Å². The van der Waals surface area contributed by atoms with Gasteiger partial charge in [0, 0.05) is 18.8 Å². The summed E-state index contributed by atoms with van der Waals surface area (Å²) >= 11 is 0. The third-order valence-electron chi connectivity index (χ3n) is 9.04. The van der Waals surface area contributed by atoms with Crippen LogP contribution in [0.1, 0.15) is 53.3 Å². The highest BCUT2D eigenvalue weighted by molar-refractivity contribution is 7.90. The van der Waals surface area contributed by atoms with Gasteiger partial charge in [0.2, 0.25) is 0 Å². The summed E-state index contributed by atoms with van der Waals surface area (Å²) in [6.07, 6.45) is -2.37. The van der Waals surface area contributed by atoms with Crippen molar-refractivity contribution in [3.05, 3.63) is 43.7 Å².